The average molecular weight is 751 g/mol. The highest BCUT2D eigenvalue weighted by Gasteiger charge is 2.25. The molecule has 13 nitrogen and oxygen atoms in total. The van der Waals surface area contributed by atoms with E-state index in [1.54, 1.807) is 54.4 Å². The monoisotopic (exact) mass is 750 g/mol. The Morgan fingerprint density at radius 2 is 1.53 bits per heavy atom. The van der Waals surface area contributed by atoms with Gasteiger partial charge in [-0.2, -0.15) is 4.98 Å². The summed E-state index contributed by atoms with van der Waals surface area (Å²) in [7, 11) is 3.31. The number of anilines is 3. The number of rotatable bonds is 16. The van der Waals surface area contributed by atoms with E-state index in [1.807, 2.05) is 36.9 Å². The Balaban J connectivity index is 1.38. The predicted molar refractivity (Wildman–Crippen MR) is 216 cm³/mol. The van der Waals surface area contributed by atoms with Crippen LogP contribution in [0.1, 0.15) is 69.4 Å². The summed E-state index contributed by atoms with van der Waals surface area (Å²) in [5, 5.41) is 6.16. The summed E-state index contributed by atoms with van der Waals surface area (Å²) in [4.78, 5) is 57.6. The molecule has 1 saturated heterocycles. The van der Waals surface area contributed by atoms with Crippen molar-refractivity contribution in [2.24, 2.45) is 0 Å². The first-order chi connectivity index (χ1) is 26.5. The lowest BCUT2D eigenvalue weighted by molar-refractivity contribution is 0.0636. The highest BCUT2D eigenvalue weighted by Crippen LogP contribution is 2.34. The van der Waals surface area contributed by atoms with Crippen LogP contribution >= 0.6 is 0 Å². The summed E-state index contributed by atoms with van der Waals surface area (Å²) >= 11 is 0. The average Bonchev–Trinajstić information content (AvgIpc) is 3.20. The molecular weight excluding hydrogens is 697 g/mol. The lowest BCUT2D eigenvalue weighted by Gasteiger charge is -2.34. The van der Waals surface area contributed by atoms with E-state index in [2.05, 4.69) is 51.2 Å². The number of aromatic nitrogens is 2. The number of carbonyl (C=O) groups excluding carboxylic acids is 3. The van der Waals surface area contributed by atoms with Crippen LogP contribution in [0.3, 0.4) is 0 Å². The molecule has 1 fully saturated rings. The van der Waals surface area contributed by atoms with E-state index in [9.17, 15) is 14.4 Å². The fourth-order valence-electron chi connectivity index (χ4n) is 6.49. The number of likely N-dealkylation sites (N-methyl/N-ethyl adjacent to an activating group) is 2. The van der Waals surface area contributed by atoms with Crippen LogP contribution in [0.2, 0.25) is 0 Å². The number of methoxy groups -OCH3 is 1. The SMILES string of the molecule is CCCN1CCN(C(=O)c2ccc(Oc3nc(Nc4ccc(C(=O)N(C)CCN(CC)CC)cc4)ncc3C(=O)Nc3c(C)cccc3C)c(OC)c2)CC1. The van der Waals surface area contributed by atoms with Crippen molar-refractivity contribution in [2.75, 3.05) is 83.7 Å². The minimum atomic E-state index is -0.458. The maximum Gasteiger partial charge on any atom is 0.262 e. The Labute approximate surface area is 324 Å². The van der Waals surface area contributed by atoms with Crippen LogP contribution in [0, 0.1) is 13.8 Å². The zero-order valence-electron chi connectivity index (χ0n) is 33.1. The molecule has 0 atom stereocenters. The van der Waals surface area contributed by atoms with Gasteiger partial charge in [-0.1, -0.05) is 39.0 Å². The first-order valence-electron chi connectivity index (χ1n) is 19.0. The summed E-state index contributed by atoms with van der Waals surface area (Å²) in [6.45, 7) is 17.5. The zero-order chi connectivity index (χ0) is 39.5. The van der Waals surface area contributed by atoms with Crippen LogP contribution in [0.4, 0.5) is 17.3 Å². The molecule has 1 aliphatic heterocycles. The quantitative estimate of drug-likeness (QED) is 0.131. The normalized spacial score (nSPS) is 13.1. The van der Waals surface area contributed by atoms with Crippen molar-refractivity contribution in [2.45, 2.75) is 41.0 Å². The molecule has 3 amide bonds. The number of aryl methyl sites for hydroxylation is 2. The number of hydrogen-bond acceptors (Lipinski definition) is 10. The summed E-state index contributed by atoms with van der Waals surface area (Å²) in [5.41, 5.74) is 4.25. The van der Waals surface area contributed by atoms with Crippen molar-refractivity contribution >= 4 is 35.0 Å². The van der Waals surface area contributed by atoms with E-state index in [0.29, 0.717) is 47.9 Å². The summed E-state index contributed by atoms with van der Waals surface area (Å²) in [6.07, 6.45) is 2.48. The molecule has 0 bridgehead atoms. The second-order valence-electron chi connectivity index (χ2n) is 13.7. The van der Waals surface area contributed by atoms with Gasteiger partial charge in [0.05, 0.1) is 7.11 Å². The first kappa shape index (κ1) is 40.7. The molecule has 292 valence electrons. The standard InChI is InChI=1S/C42H54N8O5/c1-8-20-49-23-25-50(26-24-49)41(53)32-16-19-35(36(27-32)54-7)55-39-34(38(51)45-37-29(4)12-11-13-30(37)5)28-43-42(46-39)44-33-17-14-31(15-18-33)40(52)47(6)21-22-48(9-2)10-3/h11-19,27-28H,8-10,20-26H2,1-7H3,(H,45,51)(H,43,44,46). The molecule has 0 unspecified atom stereocenters. The first-order valence-corrected chi connectivity index (χ1v) is 19.0. The Hall–Kier alpha value is -5.53. The number of nitrogens with zero attached hydrogens (tertiary/aromatic N) is 6. The van der Waals surface area contributed by atoms with E-state index in [4.69, 9.17) is 9.47 Å². The Bertz CT molecular complexity index is 1920. The van der Waals surface area contributed by atoms with Crippen LogP contribution in [0.25, 0.3) is 0 Å². The molecule has 55 heavy (non-hydrogen) atoms. The van der Waals surface area contributed by atoms with E-state index >= 15 is 0 Å². The number of piperazine rings is 1. The molecule has 0 saturated carbocycles. The van der Waals surface area contributed by atoms with Gasteiger partial charge in [0.2, 0.25) is 11.8 Å². The highest BCUT2D eigenvalue weighted by molar-refractivity contribution is 6.06. The van der Waals surface area contributed by atoms with Crippen molar-refractivity contribution in [1.29, 1.82) is 0 Å². The van der Waals surface area contributed by atoms with E-state index < -0.39 is 5.91 Å². The maximum absolute atomic E-state index is 13.8. The van der Waals surface area contributed by atoms with Crippen LogP contribution in [0.5, 0.6) is 17.4 Å². The molecule has 2 N–H and O–H groups in total. The number of amides is 3. The molecule has 1 aromatic heterocycles. The van der Waals surface area contributed by atoms with Gasteiger partial charge < -0.3 is 34.8 Å². The fraction of sp³-hybridized carbons (Fsp3) is 0.405. The molecule has 2 heterocycles. The van der Waals surface area contributed by atoms with Gasteiger partial charge in [-0.25, -0.2) is 4.98 Å². The molecule has 3 aromatic carbocycles. The molecule has 1 aliphatic rings. The van der Waals surface area contributed by atoms with Crippen molar-refractivity contribution in [3.63, 3.8) is 0 Å². The molecular formula is C42H54N8O5. The van der Waals surface area contributed by atoms with Crippen molar-refractivity contribution in [3.8, 4) is 17.4 Å². The lowest BCUT2D eigenvalue weighted by Crippen LogP contribution is -2.48. The minimum absolute atomic E-state index is 0.0210. The lowest BCUT2D eigenvalue weighted by atomic mass is 10.1. The van der Waals surface area contributed by atoms with Crippen LogP contribution in [-0.2, 0) is 0 Å². The Morgan fingerprint density at radius 1 is 0.855 bits per heavy atom. The van der Waals surface area contributed by atoms with Gasteiger partial charge in [0.25, 0.3) is 17.7 Å². The minimum Gasteiger partial charge on any atom is -0.493 e. The van der Waals surface area contributed by atoms with Gasteiger partial charge in [0.15, 0.2) is 11.5 Å². The number of nitrogens with one attached hydrogen (secondary N) is 2. The largest absolute Gasteiger partial charge is 0.493 e. The van der Waals surface area contributed by atoms with Gasteiger partial charge >= 0.3 is 0 Å². The highest BCUT2D eigenvalue weighted by atomic mass is 16.5. The van der Waals surface area contributed by atoms with Gasteiger partial charge in [-0.05, 0) is 93.5 Å². The third-order valence-corrected chi connectivity index (χ3v) is 9.92. The molecule has 0 spiro atoms. The molecule has 13 heteroatoms. The fourth-order valence-corrected chi connectivity index (χ4v) is 6.49. The molecule has 0 aliphatic carbocycles. The Kier molecular flexibility index (Phi) is 14.2. The number of ether oxygens (including phenoxy) is 2. The number of carbonyl (C=O) groups is 3. The van der Waals surface area contributed by atoms with Gasteiger partial charge in [0, 0.05) is 75.0 Å². The molecule has 5 rings (SSSR count). The number of hydrogen-bond donors (Lipinski definition) is 2. The smallest absolute Gasteiger partial charge is 0.262 e. The molecule has 4 aromatic rings. The van der Waals surface area contributed by atoms with E-state index in [-0.39, 0.29) is 35.0 Å². The van der Waals surface area contributed by atoms with Gasteiger partial charge in [-0.3, -0.25) is 19.3 Å². The van der Waals surface area contributed by atoms with Crippen molar-refractivity contribution in [1.82, 2.24) is 29.6 Å². The maximum atomic E-state index is 13.8. The van der Waals surface area contributed by atoms with Gasteiger partial charge in [-0.15, -0.1) is 0 Å². The summed E-state index contributed by atoms with van der Waals surface area (Å²) in [6, 6.07) is 17.8. The van der Waals surface area contributed by atoms with Crippen LogP contribution < -0.4 is 20.1 Å². The second-order valence-corrected chi connectivity index (χ2v) is 13.7. The zero-order valence-corrected chi connectivity index (χ0v) is 33.1. The van der Waals surface area contributed by atoms with E-state index in [0.717, 1.165) is 56.8 Å². The third kappa shape index (κ3) is 10.4. The van der Waals surface area contributed by atoms with Gasteiger partial charge in [0.1, 0.15) is 5.56 Å². The molecule has 0 radical (unpaired) electrons. The van der Waals surface area contributed by atoms with Crippen LogP contribution in [-0.4, -0.2) is 120 Å². The number of para-hydroxylation sites is 1. The Morgan fingerprint density at radius 3 is 2.16 bits per heavy atom. The predicted octanol–water partition coefficient (Wildman–Crippen LogP) is 6.47. The summed E-state index contributed by atoms with van der Waals surface area (Å²) < 4.78 is 12.0. The topological polar surface area (TPSA) is 132 Å². The summed E-state index contributed by atoms with van der Waals surface area (Å²) in [5.74, 6) is 0.120. The third-order valence-electron chi connectivity index (χ3n) is 9.92. The second kappa shape index (κ2) is 19.2. The van der Waals surface area contributed by atoms with E-state index in [1.165, 1.54) is 13.3 Å². The number of benzene rings is 3. The van der Waals surface area contributed by atoms with Crippen LogP contribution in [0.15, 0.2) is 66.9 Å². The van der Waals surface area contributed by atoms with Crippen molar-refractivity contribution < 1.29 is 23.9 Å². The van der Waals surface area contributed by atoms with Crippen molar-refractivity contribution in [3.05, 3.63) is 94.7 Å².